The van der Waals surface area contributed by atoms with Crippen molar-refractivity contribution >= 4 is 5.91 Å². The number of carbonyl (C=O) groups excluding carboxylic acids is 1. The molecule has 122 valence electrons. The molecule has 1 amide bonds. The minimum atomic E-state index is -0.821. The van der Waals surface area contributed by atoms with Crippen LogP contribution >= 0.6 is 0 Å². The molecular formula is C16H25N3O3. The van der Waals surface area contributed by atoms with Gasteiger partial charge in [-0.25, -0.2) is 0 Å². The van der Waals surface area contributed by atoms with Crippen LogP contribution in [-0.4, -0.2) is 64.7 Å². The summed E-state index contributed by atoms with van der Waals surface area (Å²) in [4.78, 5) is 27.7. The maximum absolute atomic E-state index is 12.3. The van der Waals surface area contributed by atoms with Gasteiger partial charge in [-0.1, -0.05) is 6.07 Å². The Morgan fingerprint density at radius 3 is 2.77 bits per heavy atom. The first-order valence-corrected chi connectivity index (χ1v) is 7.62. The van der Waals surface area contributed by atoms with Crippen LogP contribution in [0.1, 0.15) is 18.5 Å². The van der Waals surface area contributed by atoms with E-state index in [1.54, 1.807) is 15.5 Å². The predicted octanol–water partition coefficient (Wildman–Crippen LogP) is 0.0718. The van der Waals surface area contributed by atoms with E-state index in [0.29, 0.717) is 32.6 Å². The van der Waals surface area contributed by atoms with Gasteiger partial charge in [0, 0.05) is 37.8 Å². The van der Waals surface area contributed by atoms with Crippen LogP contribution in [-0.2, 0) is 11.3 Å². The van der Waals surface area contributed by atoms with E-state index >= 15 is 0 Å². The highest BCUT2D eigenvalue weighted by atomic mass is 16.3. The predicted molar refractivity (Wildman–Crippen MR) is 84.8 cm³/mol. The number of likely N-dealkylation sites (tertiary alicyclic amines) is 1. The molecule has 0 spiro atoms. The Morgan fingerprint density at radius 1 is 1.41 bits per heavy atom. The topological polar surface area (TPSA) is 65.8 Å². The molecule has 0 saturated carbocycles. The van der Waals surface area contributed by atoms with Crippen LogP contribution in [0, 0.1) is 6.92 Å². The minimum Gasteiger partial charge on any atom is -0.387 e. The quantitative estimate of drug-likeness (QED) is 0.836. The number of rotatable bonds is 5. The maximum Gasteiger partial charge on any atom is 0.250 e. The van der Waals surface area contributed by atoms with Crippen LogP contribution < -0.4 is 5.56 Å². The molecule has 22 heavy (non-hydrogen) atoms. The van der Waals surface area contributed by atoms with Crippen LogP contribution in [0.4, 0.5) is 0 Å². The van der Waals surface area contributed by atoms with Crippen molar-refractivity contribution in [3.05, 3.63) is 34.2 Å². The lowest BCUT2D eigenvalue weighted by atomic mass is 10.0. The lowest BCUT2D eigenvalue weighted by Gasteiger charge is -2.26. The molecule has 0 unspecified atom stereocenters. The van der Waals surface area contributed by atoms with Crippen molar-refractivity contribution in [3.63, 3.8) is 0 Å². The molecule has 0 aromatic carbocycles. The monoisotopic (exact) mass is 307 g/mol. The second kappa shape index (κ2) is 6.62. The Balaban J connectivity index is 1.93. The van der Waals surface area contributed by atoms with Gasteiger partial charge in [-0.15, -0.1) is 0 Å². The number of likely N-dealkylation sites (N-methyl/N-ethyl adjacent to an activating group) is 1. The number of β-amino-alcohol motifs (C(OH)–C–C–N with tert-alkyl or cyclic N) is 1. The van der Waals surface area contributed by atoms with Gasteiger partial charge in [-0.3, -0.25) is 9.59 Å². The molecular weight excluding hydrogens is 282 g/mol. The molecule has 1 aliphatic heterocycles. The molecule has 2 heterocycles. The van der Waals surface area contributed by atoms with E-state index < -0.39 is 5.60 Å². The zero-order chi connectivity index (χ0) is 16.3. The molecule has 1 fully saturated rings. The largest absolute Gasteiger partial charge is 0.387 e. The van der Waals surface area contributed by atoms with Crippen LogP contribution in [0.15, 0.2) is 23.0 Å². The van der Waals surface area contributed by atoms with Crippen molar-refractivity contribution in [2.24, 2.45) is 0 Å². The SMILES string of the molecule is Cc1cccc(=O)n1CCC(=O)N1CC[C@@](O)(CN(C)C)C1. The molecule has 1 aromatic heterocycles. The van der Waals surface area contributed by atoms with Crippen LogP contribution in [0.3, 0.4) is 0 Å². The molecule has 6 heteroatoms. The van der Waals surface area contributed by atoms with Crippen LogP contribution in [0.2, 0.25) is 0 Å². The Hall–Kier alpha value is -1.66. The van der Waals surface area contributed by atoms with E-state index in [-0.39, 0.29) is 17.9 Å². The van der Waals surface area contributed by atoms with Crippen molar-refractivity contribution in [2.75, 3.05) is 33.7 Å². The average Bonchev–Trinajstić information content (AvgIpc) is 2.79. The van der Waals surface area contributed by atoms with Crippen molar-refractivity contribution in [1.29, 1.82) is 0 Å². The number of amides is 1. The zero-order valence-corrected chi connectivity index (χ0v) is 13.6. The van der Waals surface area contributed by atoms with E-state index in [0.717, 1.165) is 5.69 Å². The highest BCUT2D eigenvalue weighted by Crippen LogP contribution is 2.22. The third-order valence-corrected chi connectivity index (χ3v) is 4.11. The Kier molecular flexibility index (Phi) is 5.03. The zero-order valence-electron chi connectivity index (χ0n) is 13.6. The van der Waals surface area contributed by atoms with Gasteiger partial charge in [0.25, 0.3) is 5.56 Å². The van der Waals surface area contributed by atoms with Crippen molar-refractivity contribution in [2.45, 2.75) is 31.9 Å². The van der Waals surface area contributed by atoms with Gasteiger partial charge in [0.15, 0.2) is 0 Å². The number of aliphatic hydroxyl groups is 1. The van der Waals surface area contributed by atoms with Gasteiger partial charge in [0.1, 0.15) is 0 Å². The number of hydrogen-bond acceptors (Lipinski definition) is 4. The Morgan fingerprint density at radius 2 is 2.14 bits per heavy atom. The summed E-state index contributed by atoms with van der Waals surface area (Å²) in [6, 6.07) is 5.08. The molecule has 1 atom stereocenters. The molecule has 0 aliphatic carbocycles. The molecule has 1 aromatic rings. The number of hydrogen-bond donors (Lipinski definition) is 1. The second-order valence-corrected chi connectivity index (χ2v) is 6.43. The number of aryl methyl sites for hydroxylation is 1. The number of carbonyl (C=O) groups is 1. The van der Waals surface area contributed by atoms with Gasteiger partial charge in [0.2, 0.25) is 5.91 Å². The number of aromatic nitrogens is 1. The third kappa shape index (κ3) is 3.96. The van der Waals surface area contributed by atoms with E-state index in [1.165, 1.54) is 6.07 Å². The van der Waals surface area contributed by atoms with E-state index in [2.05, 4.69) is 0 Å². The number of nitrogens with zero attached hydrogens (tertiary/aromatic N) is 3. The highest BCUT2D eigenvalue weighted by Gasteiger charge is 2.38. The fourth-order valence-electron chi connectivity index (χ4n) is 3.06. The smallest absolute Gasteiger partial charge is 0.250 e. The van der Waals surface area contributed by atoms with Gasteiger partial charge in [-0.05, 0) is 33.5 Å². The van der Waals surface area contributed by atoms with E-state index in [4.69, 9.17) is 0 Å². The standard InChI is InChI=1S/C16H25N3O3/c1-13-5-4-6-15(21)19(13)9-7-14(20)18-10-8-16(22,12-18)11-17(2)3/h4-6,22H,7-12H2,1-3H3/t16-/m1/s1. The fraction of sp³-hybridized carbons (Fsp3) is 0.625. The van der Waals surface area contributed by atoms with E-state index in [1.807, 2.05) is 32.0 Å². The summed E-state index contributed by atoms with van der Waals surface area (Å²) in [5.74, 6) is -0.00941. The molecule has 1 N–H and O–H groups in total. The fourth-order valence-corrected chi connectivity index (χ4v) is 3.06. The minimum absolute atomic E-state index is 0.00941. The summed E-state index contributed by atoms with van der Waals surface area (Å²) in [6.07, 6.45) is 0.879. The first-order chi connectivity index (χ1) is 10.3. The first-order valence-electron chi connectivity index (χ1n) is 7.62. The first kappa shape index (κ1) is 16.7. The van der Waals surface area contributed by atoms with Crippen molar-refractivity contribution < 1.29 is 9.90 Å². The second-order valence-electron chi connectivity index (χ2n) is 6.43. The molecule has 1 saturated heterocycles. The third-order valence-electron chi connectivity index (χ3n) is 4.11. The molecule has 2 rings (SSSR count). The summed E-state index contributed by atoms with van der Waals surface area (Å²) >= 11 is 0. The van der Waals surface area contributed by atoms with E-state index in [9.17, 15) is 14.7 Å². The lowest BCUT2D eigenvalue weighted by Crippen LogP contribution is -2.43. The summed E-state index contributed by atoms with van der Waals surface area (Å²) in [7, 11) is 3.82. The summed E-state index contributed by atoms with van der Waals surface area (Å²) in [5.41, 5.74) is -0.0530. The average molecular weight is 307 g/mol. The Bertz CT molecular complexity index is 597. The molecule has 0 bridgehead atoms. The van der Waals surface area contributed by atoms with Crippen molar-refractivity contribution in [1.82, 2.24) is 14.4 Å². The summed E-state index contributed by atoms with van der Waals surface area (Å²) in [6.45, 7) is 3.73. The van der Waals surface area contributed by atoms with Crippen molar-refractivity contribution in [3.8, 4) is 0 Å². The highest BCUT2D eigenvalue weighted by molar-refractivity contribution is 5.76. The van der Waals surface area contributed by atoms with Crippen LogP contribution in [0.5, 0.6) is 0 Å². The van der Waals surface area contributed by atoms with Gasteiger partial charge in [0.05, 0.1) is 12.1 Å². The molecule has 1 aliphatic rings. The maximum atomic E-state index is 12.3. The van der Waals surface area contributed by atoms with Crippen LogP contribution in [0.25, 0.3) is 0 Å². The summed E-state index contributed by atoms with van der Waals surface area (Å²) in [5, 5.41) is 10.5. The van der Waals surface area contributed by atoms with Gasteiger partial charge in [-0.2, -0.15) is 0 Å². The normalized spacial score (nSPS) is 21.6. The summed E-state index contributed by atoms with van der Waals surface area (Å²) < 4.78 is 1.61. The van der Waals surface area contributed by atoms with Gasteiger partial charge >= 0.3 is 0 Å². The number of pyridine rings is 1. The Labute approximate surface area is 131 Å². The van der Waals surface area contributed by atoms with Gasteiger partial charge < -0.3 is 19.5 Å². The molecule has 6 nitrogen and oxygen atoms in total. The molecule has 0 radical (unpaired) electrons. The lowest BCUT2D eigenvalue weighted by molar-refractivity contribution is -0.131.